The number of anilines is 1. The lowest BCUT2D eigenvalue weighted by Crippen LogP contribution is -2.29. The van der Waals surface area contributed by atoms with Crippen molar-refractivity contribution in [3.05, 3.63) is 63.7 Å². The average Bonchev–Trinajstić information content (AvgIpc) is 2.99. The van der Waals surface area contributed by atoms with Gasteiger partial charge in [-0.25, -0.2) is 13.6 Å². The van der Waals surface area contributed by atoms with Gasteiger partial charge in [0.15, 0.2) is 11.6 Å². The Morgan fingerprint density at radius 1 is 1.17 bits per heavy atom. The van der Waals surface area contributed by atoms with Crippen molar-refractivity contribution in [2.24, 2.45) is 0 Å². The number of hydrogen-bond acceptors (Lipinski definition) is 3. The van der Waals surface area contributed by atoms with Crippen LogP contribution in [0.5, 0.6) is 0 Å². The van der Waals surface area contributed by atoms with Crippen LogP contribution in [0.3, 0.4) is 0 Å². The summed E-state index contributed by atoms with van der Waals surface area (Å²) in [6.07, 6.45) is 0.535. The SMILES string of the molecule is COC(=O)c1ccc2c(c1)CCN2C(=O)c1cc(F)c(F)cc1Cl. The van der Waals surface area contributed by atoms with E-state index in [1.807, 2.05) is 0 Å². The van der Waals surface area contributed by atoms with E-state index in [1.165, 1.54) is 12.0 Å². The van der Waals surface area contributed by atoms with Crippen LogP contribution < -0.4 is 4.90 Å². The molecule has 0 saturated heterocycles. The smallest absolute Gasteiger partial charge is 0.337 e. The summed E-state index contributed by atoms with van der Waals surface area (Å²) in [5.41, 5.74) is 1.68. The lowest BCUT2D eigenvalue weighted by Gasteiger charge is -2.18. The zero-order valence-corrected chi connectivity index (χ0v) is 13.4. The summed E-state index contributed by atoms with van der Waals surface area (Å²) in [6.45, 7) is 0.355. The highest BCUT2D eigenvalue weighted by Gasteiger charge is 2.28. The number of fused-ring (bicyclic) bond motifs is 1. The highest BCUT2D eigenvalue weighted by atomic mass is 35.5. The topological polar surface area (TPSA) is 46.6 Å². The third-order valence-electron chi connectivity index (χ3n) is 3.88. The molecule has 0 aliphatic carbocycles. The molecule has 1 heterocycles. The van der Waals surface area contributed by atoms with E-state index >= 15 is 0 Å². The van der Waals surface area contributed by atoms with Crippen LogP contribution >= 0.6 is 11.6 Å². The van der Waals surface area contributed by atoms with Crippen LogP contribution in [0.1, 0.15) is 26.3 Å². The molecule has 0 unspecified atom stereocenters. The molecule has 4 nitrogen and oxygen atoms in total. The van der Waals surface area contributed by atoms with Gasteiger partial charge in [-0.05, 0) is 42.3 Å². The van der Waals surface area contributed by atoms with Crippen LogP contribution in [-0.2, 0) is 11.2 Å². The third-order valence-corrected chi connectivity index (χ3v) is 4.19. The Kier molecular flexibility index (Phi) is 4.24. The van der Waals surface area contributed by atoms with Gasteiger partial charge in [0.1, 0.15) is 0 Å². The van der Waals surface area contributed by atoms with E-state index in [0.717, 1.165) is 17.7 Å². The largest absolute Gasteiger partial charge is 0.465 e. The van der Waals surface area contributed by atoms with E-state index < -0.39 is 23.5 Å². The highest BCUT2D eigenvalue weighted by Crippen LogP contribution is 2.32. The third kappa shape index (κ3) is 2.73. The van der Waals surface area contributed by atoms with Gasteiger partial charge in [-0.2, -0.15) is 0 Å². The maximum absolute atomic E-state index is 13.4. The zero-order valence-electron chi connectivity index (χ0n) is 12.6. The van der Waals surface area contributed by atoms with Crippen molar-refractivity contribution in [2.75, 3.05) is 18.6 Å². The average molecular weight is 352 g/mol. The molecule has 0 spiro atoms. The molecule has 0 saturated carbocycles. The molecule has 0 atom stereocenters. The number of benzene rings is 2. The predicted molar refractivity (Wildman–Crippen MR) is 84.5 cm³/mol. The Hall–Kier alpha value is -2.47. The molecule has 7 heteroatoms. The second-order valence-electron chi connectivity index (χ2n) is 5.29. The molecule has 1 aliphatic heterocycles. The van der Waals surface area contributed by atoms with Crippen molar-refractivity contribution in [1.82, 2.24) is 0 Å². The first kappa shape index (κ1) is 16.4. The van der Waals surface area contributed by atoms with Crippen LogP contribution in [0.2, 0.25) is 5.02 Å². The van der Waals surface area contributed by atoms with Gasteiger partial charge in [-0.1, -0.05) is 11.6 Å². The molecule has 1 aliphatic rings. The number of carbonyl (C=O) groups is 2. The summed E-state index contributed by atoms with van der Waals surface area (Å²) in [7, 11) is 1.29. The summed E-state index contributed by atoms with van der Waals surface area (Å²) >= 11 is 5.87. The number of rotatable bonds is 2. The molecule has 3 rings (SSSR count). The quantitative estimate of drug-likeness (QED) is 0.613. The van der Waals surface area contributed by atoms with Gasteiger partial charge >= 0.3 is 5.97 Å². The molecule has 0 aromatic heterocycles. The molecule has 2 aromatic carbocycles. The highest BCUT2D eigenvalue weighted by molar-refractivity contribution is 6.34. The monoisotopic (exact) mass is 351 g/mol. The number of nitrogens with zero attached hydrogens (tertiary/aromatic N) is 1. The number of hydrogen-bond donors (Lipinski definition) is 0. The molecule has 0 N–H and O–H groups in total. The molecule has 124 valence electrons. The van der Waals surface area contributed by atoms with Gasteiger partial charge in [-0.15, -0.1) is 0 Å². The summed E-state index contributed by atoms with van der Waals surface area (Å²) in [4.78, 5) is 25.6. The number of amides is 1. The van der Waals surface area contributed by atoms with Crippen molar-refractivity contribution in [2.45, 2.75) is 6.42 Å². The first-order chi connectivity index (χ1) is 11.4. The van der Waals surface area contributed by atoms with E-state index in [2.05, 4.69) is 4.74 Å². The lowest BCUT2D eigenvalue weighted by atomic mass is 10.1. The fourth-order valence-corrected chi connectivity index (χ4v) is 2.92. The van der Waals surface area contributed by atoms with Crippen molar-refractivity contribution >= 4 is 29.2 Å². The number of esters is 1. The van der Waals surface area contributed by atoms with Crippen molar-refractivity contribution in [3.63, 3.8) is 0 Å². The zero-order chi connectivity index (χ0) is 17.4. The number of methoxy groups -OCH3 is 1. The van der Waals surface area contributed by atoms with Crippen LogP contribution in [-0.4, -0.2) is 25.5 Å². The maximum Gasteiger partial charge on any atom is 0.337 e. The molecule has 2 aromatic rings. The van der Waals surface area contributed by atoms with E-state index in [1.54, 1.807) is 18.2 Å². The van der Waals surface area contributed by atoms with Crippen LogP contribution in [0.4, 0.5) is 14.5 Å². The van der Waals surface area contributed by atoms with Crippen LogP contribution in [0.15, 0.2) is 30.3 Å². The Labute approximate surface area is 141 Å². The second-order valence-corrected chi connectivity index (χ2v) is 5.70. The summed E-state index contributed by atoms with van der Waals surface area (Å²) < 4.78 is 31.3. The molecular weight excluding hydrogens is 340 g/mol. The van der Waals surface area contributed by atoms with Gasteiger partial charge in [0.05, 0.1) is 23.3 Å². The van der Waals surface area contributed by atoms with Crippen LogP contribution in [0.25, 0.3) is 0 Å². The summed E-state index contributed by atoms with van der Waals surface area (Å²) in [5.74, 6) is -3.24. The van der Waals surface area contributed by atoms with Gasteiger partial charge in [0.2, 0.25) is 0 Å². The number of halogens is 3. The minimum absolute atomic E-state index is 0.111. The first-order valence-corrected chi connectivity index (χ1v) is 7.48. The van der Waals surface area contributed by atoms with Crippen molar-refractivity contribution in [1.29, 1.82) is 0 Å². The second kappa shape index (κ2) is 6.20. The van der Waals surface area contributed by atoms with Gasteiger partial charge in [0.25, 0.3) is 5.91 Å². The molecule has 24 heavy (non-hydrogen) atoms. The maximum atomic E-state index is 13.4. The lowest BCUT2D eigenvalue weighted by molar-refractivity contribution is 0.0600. The summed E-state index contributed by atoms with van der Waals surface area (Å²) in [5, 5.41) is -0.154. The fourth-order valence-electron chi connectivity index (χ4n) is 2.69. The van der Waals surface area contributed by atoms with E-state index in [4.69, 9.17) is 11.6 Å². The van der Waals surface area contributed by atoms with E-state index in [0.29, 0.717) is 24.2 Å². The molecular formula is C17H12ClF2NO3. The Morgan fingerprint density at radius 2 is 1.88 bits per heavy atom. The van der Waals surface area contributed by atoms with E-state index in [-0.39, 0.29) is 10.6 Å². The minimum atomic E-state index is -1.14. The molecule has 0 radical (unpaired) electrons. The number of ether oxygens (including phenoxy) is 1. The Morgan fingerprint density at radius 3 is 2.58 bits per heavy atom. The van der Waals surface area contributed by atoms with Crippen molar-refractivity contribution in [3.8, 4) is 0 Å². The molecule has 0 bridgehead atoms. The minimum Gasteiger partial charge on any atom is -0.465 e. The summed E-state index contributed by atoms with van der Waals surface area (Å²) in [6, 6.07) is 6.40. The molecule has 1 amide bonds. The first-order valence-electron chi connectivity index (χ1n) is 7.10. The van der Waals surface area contributed by atoms with Crippen LogP contribution in [0, 0.1) is 11.6 Å². The van der Waals surface area contributed by atoms with Crippen molar-refractivity contribution < 1.29 is 23.1 Å². The predicted octanol–water partition coefficient (Wildman–Crippen LogP) is 3.61. The van der Waals surface area contributed by atoms with Gasteiger partial charge in [0, 0.05) is 12.2 Å². The van der Waals surface area contributed by atoms with Gasteiger partial charge in [-0.3, -0.25) is 4.79 Å². The molecule has 0 fully saturated rings. The Balaban J connectivity index is 1.95. The standard InChI is InChI=1S/C17H12ClF2NO3/c1-24-17(23)10-2-3-15-9(6-10)4-5-21(15)16(22)11-7-13(19)14(20)8-12(11)18/h2-3,6-8H,4-5H2,1H3. The van der Waals surface area contributed by atoms with E-state index in [9.17, 15) is 18.4 Å². The Bertz CT molecular complexity index is 854. The normalized spacial score (nSPS) is 12.9. The number of carbonyl (C=O) groups excluding carboxylic acids is 2. The fraction of sp³-hybridized carbons (Fsp3) is 0.176. The van der Waals surface area contributed by atoms with Gasteiger partial charge < -0.3 is 9.64 Å².